The summed E-state index contributed by atoms with van der Waals surface area (Å²) in [6.07, 6.45) is 0.307. The van der Waals surface area contributed by atoms with Gasteiger partial charge in [0.25, 0.3) is 0 Å². The van der Waals surface area contributed by atoms with Gasteiger partial charge in [0.1, 0.15) is 6.42 Å². The Hall–Kier alpha value is -2.06. The molecule has 18 heavy (non-hydrogen) atoms. The average molecular weight is 266 g/mol. The van der Waals surface area contributed by atoms with Gasteiger partial charge in [0.2, 0.25) is 5.91 Å². The second kappa shape index (κ2) is 7.30. The molecule has 1 rings (SSSR count). The van der Waals surface area contributed by atoms with Crippen molar-refractivity contribution in [3.05, 3.63) is 34.9 Å². The lowest BCUT2D eigenvalue weighted by molar-refractivity contribution is -0.119. The Labute approximate surface area is 110 Å². The highest BCUT2D eigenvalue weighted by Gasteiger charge is 2.05. The van der Waals surface area contributed by atoms with E-state index in [0.717, 1.165) is 5.56 Å². The number of halogens is 1. The van der Waals surface area contributed by atoms with E-state index >= 15 is 0 Å². The van der Waals surface area contributed by atoms with Crippen molar-refractivity contribution in [3.63, 3.8) is 0 Å². The molecule has 0 aliphatic carbocycles. The van der Waals surface area contributed by atoms with E-state index in [-0.39, 0.29) is 6.42 Å². The van der Waals surface area contributed by atoms with Crippen molar-refractivity contribution in [1.82, 2.24) is 10.6 Å². The van der Waals surface area contributed by atoms with Crippen molar-refractivity contribution >= 4 is 23.5 Å². The first kappa shape index (κ1) is 14.0. The molecule has 5 nitrogen and oxygen atoms in total. The van der Waals surface area contributed by atoms with Crippen LogP contribution in [0.15, 0.2) is 24.3 Å². The summed E-state index contributed by atoms with van der Waals surface area (Å²) in [6, 6.07) is 8.33. The molecule has 94 valence electrons. The minimum absolute atomic E-state index is 0.329. The number of nitrogens with one attached hydrogen (secondary N) is 2. The molecule has 0 atom stereocenters. The summed E-state index contributed by atoms with van der Waals surface area (Å²) in [5, 5.41) is 13.5. The first-order valence-corrected chi connectivity index (χ1v) is 5.68. The van der Waals surface area contributed by atoms with Crippen molar-refractivity contribution < 1.29 is 9.59 Å². The summed E-state index contributed by atoms with van der Waals surface area (Å²) in [4.78, 5) is 22.1. The molecule has 0 unspecified atom stereocenters. The van der Waals surface area contributed by atoms with E-state index < -0.39 is 11.9 Å². The number of hydrogen-bond donors (Lipinski definition) is 2. The maximum atomic E-state index is 11.2. The molecule has 0 fully saturated rings. The van der Waals surface area contributed by atoms with Crippen LogP contribution >= 0.6 is 11.6 Å². The summed E-state index contributed by atoms with van der Waals surface area (Å²) in [5.41, 5.74) is 1.03. The van der Waals surface area contributed by atoms with E-state index in [4.69, 9.17) is 16.9 Å². The van der Waals surface area contributed by atoms with Crippen LogP contribution in [-0.2, 0) is 11.2 Å². The molecule has 0 radical (unpaired) electrons. The molecule has 0 aliphatic rings. The van der Waals surface area contributed by atoms with Gasteiger partial charge in [-0.05, 0) is 24.1 Å². The normalized spacial score (nSPS) is 9.33. The summed E-state index contributed by atoms with van der Waals surface area (Å²) < 4.78 is 0. The maximum absolute atomic E-state index is 11.2. The third kappa shape index (κ3) is 5.32. The van der Waals surface area contributed by atoms with Gasteiger partial charge in [-0.25, -0.2) is 4.79 Å². The van der Waals surface area contributed by atoms with Gasteiger partial charge >= 0.3 is 6.03 Å². The number of nitriles is 1. The van der Waals surface area contributed by atoms with Crippen LogP contribution in [0.5, 0.6) is 0 Å². The third-order valence-electron chi connectivity index (χ3n) is 2.11. The smallest absolute Gasteiger partial charge is 0.321 e. The van der Waals surface area contributed by atoms with Crippen LogP contribution in [0, 0.1) is 11.3 Å². The lowest BCUT2D eigenvalue weighted by atomic mass is 10.1. The number of hydrogen-bond acceptors (Lipinski definition) is 3. The number of urea groups is 1. The Balaban J connectivity index is 2.25. The van der Waals surface area contributed by atoms with Crippen LogP contribution in [0.1, 0.15) is 12.0 Å². The van der Waals surface area contributed by atoms with Crippen LogP contribution in [0.3, 0.4) is 0 Å². The van der Waals surface area contributed by atoms with Gasteiger partial charge < -0.3 is 5.32 Å². The van der Waals surface area contributed by atoms with Crippen molar-refractivity contribution in [3.8, 4) is 6.07 Å². The zero-order valence-corrected chi connectivity index (χ0v) is 10.3. The van der Waals surface area contributed by atoms with E-state index in [9.17, 15) is 9.59 Å². The van der Waals surface area contributed by atoms with Crippen LogP contribution < -0.4 is 10.6 Å². The number of imide groups is 1. The molecule has 0 saturated carbocycles. The number of amides is 3. The maximum Gasteiger partial charge on any atom is 0.321 e. The highest BCUT2D eigenvalue weighted by atomic mass is 35.5. The van der Waals surface area contributed by atoms with Gasteiger partial charge in [-0.2, -0.15) is 5.26 Å². The predicted molar refractivity (Wildman–Crippen MR) is 66.9 cm³/mol. The average Bonchev–Trinajstić information content (AvgIpc) is 2.32. The number of nitrogens with zero attached hydrogens (tertiary/aromatic N) is 1. The second-order valence-corrected chi connectivity index (χ2v) is 3.95. The molecule has 2 N–H and O–H groups in total. The standard InChI is InChI=1S/C12H12ClN3O2/c13-10-3-1-9(2-4-10)6-8-15-12(18)16-11(17)5-7-14/h1-4H,5-6,8H2,(H2,15,16,17,18). The quantitative estimate of drug-likeness (QED) is 0.868. The molecule has 0 aromatic heterocycles. The number of carbonyl (C=O) groups is 2. The van der Waals surface area contributed by atoms with Gasteiger partial charge in [0.05, 0.1) is 6.07 Å². The predicted octanol–water partition coefficient (Wildman–Crippen LogP) is 1.62. The first-order valence-electron chi connectivity index (χ1n) is 5.31. The zero-order chi connectivity index (χ0) is 13.4. The Morgan fingerprint density at radius 1 is 1.28 bits per heavy atom. The van der Waals surface area contributed by atoms with Crippen molar-refractivity contribution in [2.75, 3.05) is 6.54 Å². The summed E-state index contributed by atoms with van der Waals surface area (Å²) in [5.74, 6) is -0.610. The third-order valence-corrected chi connectivity index (χ3v) is 2.36. The summed E-state index contributed by atoms with van der Waals surface area (Å²) in [6.45, 7) is 0.396. The Kier molecular flexibility index (Phi) is 5.68. The van der Waals surface area contributed by atoms with Crippen molar-refractivity contribution in [2.24, 2.45) is 0 Å². The fraction of sp³-hybridized carbons (Fsp3) is 0.250. The van der Waals surface area contributed by atoms with E-state index in [1.54, 1.807) is 18.2 Å². The fourth-order valence-electron chi connectivity index (χ4n) is 1.26. The molecule has 1 aromatic carbocycles. The summed E-state index contributed by atoms with van der Waals surface area (Å²) >= 11 is 5.74. The lowest BCUT2D eigenvalue weighted by Crippen LogP contribution is -2.40. The van der Waals surface area contributed by atoms with Crippen LogP contribution in [0.4, 0.5) is 4.79 Å². The van der Waals surface area contributed by atoms with Crippen LogP contribution in [0.2, 0.25) is 5.02 Å². The van der Waals surface area contributed by atoms with Crippen molar-refractivity contribution in [2.45, 2.75) is 12.8 Å². The van der Waals surface area contributed by atoms with Crippen LogP contribution in [-0.4, -0.2) is 18.5 Å². The topological polar surface area (TPSA) is 82.0 Å². The Morgan fingerprint density at radius 3 is 2.56 bits per heavy atom. The molecule has 6 heteroatoms. The SMILES string of the molecule is N#CCC(=O)NC(=O)NCCc1ccc(Cl)cc1. The van der Waals surface area contributed by atoms with Gasteiger partial charge in [-0.1, -0.05) is 23.7 Å². The zero-order valence-electron chi connectivity index (χ0n) is 9.57. The Morgan fingerprint density at radius 2 is 1.94 bits per heavy atom. The highest BCUT2D eigenvalue weighted by Crippen LogP contribution is 2.09. The molecule has 0 heterocycles. The van der Waals surface area contributed by atoms with Gasteiger partial charge in [0, 0.05) is 11.6 Å². The molecular formula is C12H12ClN3O2. The molecular weight excluding hydrogens is 254 g/mol. The minimum Gasteiger partial charge on any atom is -0.337 e. The number of benzene rings is 1. The molecule has 3 amide bonds. The summed E-state index contributed by atoms with van der Waals surface area (Å²) in [7, 11) is 0. The monoisotopic (exact) mass is 265 g/mol. The molecule has 0 aliphatic heterocycles. The minimum atomic E-state index is -0.610. The fourth-order valence-corrected chi connectivity index (χ4v) is 1.38. The van der Waals surface area contributed by atoms with Crippen LogP contribution in [0.25, 0.3) is 0 Å². The second-order valence-electron chi connectivity index (χ2n) is 3.52. The lowest BCUT2D eigenvalue weighted by Gasteiger charge is -2.05. The first-order chi connectivity index (χ1) is 8.61. The number of rotatable bonds is 4. The molecule has 1 aromatic rings. The molecule has 0 spiro atoms. The van der Waals surface area contributed by atoms with E-state index in [2.05, 4.69) is 5.32 Å². The number of carbonyl (C=O) groups excluding carboxylic acids is 2. The molecule has 0 saturated heterocycles. The van der Waals surface area contributed by atoms with Crippen molar-refractivity contribution in [1.29, 1.82) is 5.26 Å². The van der Waals surface area contributed by atoms with Gasteiger partial charge in [-0.3, -0.25) is 10.1 Å². The van der Waals surface area contributed by atoms with E-state index in [0.29, 0.717) is 18.0 Å². The molecule has 0 bridgehead atoms. The Bertz CT molecular complexity index is 465. The van der Waals surface area contributed by atoms with Gasteiger partial charge in [0.15, 0.2) is 0 Å². The largest absolute Gasteiger partial charge is 0.337 e. The van der Waals surface area contributed by atoms with Gasteiger partial charge in [-0.15, -0.1) is 0 Å². The van der Waals surface area contributed by atoms with E-state index in [1.165, 1.54) is 0 Å². The van der Waals surface area contributed by atoms with E-state index in [1.807, 2.05) is 17.4 Å². The highest BCUT2D eigenvalue weighted by molar-refractivity contribution is 6.30.